The summed E-state index contributed by atoms with van der Waals surface area (Å²) < 4.78 is 38.0. The Morgan fingerprint density at radius 2 is 1.97 bits per heavy atom. The van der Waals surface area contributed by atoms with E-state index >= 15 is 0 Å². The van der Waals surface area contributed by atoms with E-state index in [-0.39, 0.29) is 12.4 Å². The molecule has 0 saturated carbocycles. The Labute approximate surface area is 212 Å². The molecule has 0 radical (unpaired) electrons. The second-order valence-electron chi connectivity index (χ2n) is 7.97. The van der Waals surface area contributed by atoms with E-state index in [1.165, 1.54) is 34.8 Å². The van der Waals surface area contributed by atoms with Gasteiger partial charge in [0.1, 0.15) is 40.2 Å². The highest BCUT2D eigenvalue weighted by Crippen LogP contribution is 2.38. The summed E-state index contributed by atoms with van der Waals surface area (Å²) in [6.45, 7) is 2.12. The molecule has 11 heteroatoms. The summed E-state index contributed by atoms with van der Waals surface area (Å²) in [5.41, 5.74) is 3.78. The van der Waals surface area contributed by atoms with Crippen molar-refractivity contribution >= 4 is 38.6 Å². The van der Waals surface area contributed by atoms with Crippen LogP contribution in [0.3, 0.4) is 0 Å². The van der Waals surface area contributed by atoms with Gasteiger partial charge >= 0.3 is 0 Å². The van der Waals surface area contributed by atoms with Gasteiger partial charge in [0.15, 0.2) is 5.76 Å². The van der Waals surface area contributed by atoms with Crippen LogP contribution in [0.15, 0.2) is 52.4 Å². The summed E-state index contributed by atoms with van der Waals surface area (Å²) in [5, 5.41) is 8.39. The predicted molar refractivity (Wildman–Crippen MR) is 136 cm³/mol. The van der Waals surface area contributed by atoms with E-state index in [9.17, 15) is 4.39 Å². The largest absolute Gasteiger partial charge is 0.496 e. The molecule has 4 heterocycles. The number of hydrogen-bond donors (Lipinski definition) is 0. The average Bonchev–Trinajstić information content (AvgIpc) is 3.64. The van der Waals surface area contributed by atoms with Crippen LogP contribution in [0.1, 0.15) is 11.3 Å². The number of methoxy groups -OCH3 is 2. The van der Waals surface area contributed by atoms with Crippen molar-refractivity contribution in [2.24, 2.45) is 0 Å². The standard InChI is InChI=1S/C25H19FN4O4S2/c1-13-6-14(26)4-5-17(13)23-27-15(12-35-23)11-33-20-7-16(31-2)8-21-18(20)9-22(34-21)19-10-30-24(28-19)36-25(29-30)32-3/h4-10,12H,11H2,1-3H3. The normalized spacial score (nSPS) is 11.4. The van der Waals surface area contributed by atoms with Gasteiger partial charge in [0.25, 0.3) is 5.19 Å². The number of rotatable bonds is 7. The molecule has 0 saturated heterocycles. The number of halogens is 1. The molecule has 0 aliphatic heterocycles. The van der Waals surface area contributed by atoms with Crippen molar-refractivity contribution in [1.29, 1.82) is 0 Å². The van der Waals surface area contributed by atoms with E-state index in [0.717, 1.165) is 27.2 Å². The van der Waals surface area contributed by atoms with Gasteiger partial charge in [-0.25, -0.2) is 18.9 Å². The molecule has 0 aliphatic rings. The third-order valence-corrected chi connectivity index (χ3v) is 7.41. The first-order valence-corrected chi connectivity index (χ1v) is 12.6. The molecular formula is C25H19FN4O4S2. The number of ether oxygens (including phenoxy) is 3. The number of nitrogens with zero attached hydrogens (tertiary/aromatic N) is 4. The zero-order chi connectivity index (χ0) is 24.8. The van der Waals surface area contributed by atoms with E-state index in [0.29, 0.717) is 38.7 Å². The van der Waals surface area contributed by atoms with E-state index < -0.39 is 0 Å². The molecule has 4 aromatic heterocycles. The van der Waals surface area contributed by atoms with Gasteiger partial charge in [-0.1, -0.05) is 0 Å². The van der Waals surface area contributed by atoms with Crippen molar-refractivity contribution in [2.75, 3.05) is 14.2 Å². The lowest BCUT2D eigenvalue weighted by atomic mass is 10.1. The van der Waals surface area contributed by atoms with Crippen LogP contribution in [0.4, 0.5) is 4.39 Å². The fourth-order valence-corrected chi connectivity index (χ4v) is 5.44. The van der Waals surface area contributed by atoms with Crippen LogP contribution < -0.4 is 14.2 Å². The van der Waals surface area contributed by atoms with Gasteiger partial charge in [0.05, 0.1) is 31.5 Å². The molecular weight excluding hydrogens is 503 g/mol. The SMILES string of the molecule is COc1cc(OCc2csc(-c3ccc(F)cc3C)n2)c2cc(-c3cn4nc(OC)sc4n3)oc2c1. The summed E-state index contributed by atoms with van der Waals surface area (Å²) in [6.07, 6.45) is 1.79. The van der Waals surface area contributed by atoms with E-state index in [1.54, 1.807) is 31.0 Å². The zero-order valence-electron chi connectivity index (χ0n) is 19.4. The predicted octanol–water partition coefficient (Wildman–Crippen LogP) is 6.37. The van der Waals surface area contributed by atoms with Crippen LogP contribution in [0, 0.1) is 12.7 Å². The number of thiazole rings is 1. The van der Waals surface area contributed by atoms with E-state index in [4.69, 9.17) is 18.6 Å². The van der Waals surface area contributed by atoms with Crippen molar-refractivity contribution in [3.05, 3.63) is 65.0 Å². The smallest absolute Gasteiger partial charge is 0.294 e. The van der Waals surface area contributed by atoms with Gasteiger partial charge in [0.2, 0.25) is 4.96 Å². The molecule has 6 rings (SSSR count). The second kappa shape index (κ2) is 8.92. The van der Waals surface area contributed by atoms with Crippen molar-refractivity contribution < 1.29 is 23.0 Å². The highest BCUT2D eigenvalue weighted by atomic mass is 32.1. The van der Waals surface area contributed by atoms with Crippen LogP contribution in [-0.4, -0.2) is 33.8 Å². The fraction of sp³-hybridized carbons (Fsp3) is 0.160. The van der Waals surface area contributed by atoms with Gasteiger partial charge in [-0.05, 0) is 48.1 Å². The van der Waals surface area contributed by atoms with E-state index in [1.807, 2.05) is 30.5 Å². The highest BCUT2D eigenvalue weighted by molar-refractivity contribution is 7.18. The topological polar surface area (TPSA) is 83.9 Å². The highest BCUT2D eigenvalue weighted by Gasteiger charge is 2.18. The Hall–Kier alpha value is -3.96. The van der Waals surface area contributed by atoms with Gasteiger partial charge in [-0.3, -0.25) is 0 Å². The number of benzene rings is 2. The van der Waals surface area contributed by atoms with Crippen LogP contribution >= 0.6 is 22.7 Å². The number of furan rings is 1. The van der Waals surface area contributed by atoms with Crippen molar-refractivity contribution in [3.8, 4) is 38.7 Å². The van der Waals surface area contributed by atoms with Crippen LogP contribution in [0.2, 0.25) is 0 Å². The number of fused-ring (bicyclic) bond motifs is 2. The Bertz CT molecular complexity index is 1690. The minimum Gasteiger partial charge on any atom is -0.496 e. The molecule has 2 aromatic carbocycles. The quantitative estimate of drug-likeness (QED) is 0.241. The molecule has 0 N–H and O–H groups in total. The molecule has 0 unspecified atom stereocenters. The average molecular weight is 523 g/mol. The summed E-state index contributed by atoms with van der Waals surface area (Å²) in [4.78, 5) is 9.98. The molecule has 36 heavy (non-hydrogen) atoms. The molecule has 8 nitrogen and oxygen atoms in total. The maximum absolute atomic E-state index is 13.5. The third kappa shape index (κ3) is 4.06. The van der Waals surface area contributed by atoms with Crippen molar-refractivity contribution in [2.45, 2.75) is 13.5 Å². The fourth-order valence-electron chi connectivity index (χ4n) is 3.85. The molecule has 182 valence electrons. The van der Waals surface area contributed by atoms with Crippen LogP contribution in [0.5, 0.6) is 16.7 Å². The van der Waals surface area contributed by atoms with Gasteiger partial charge in [-0.2, -0.15) is 0 Å². The Balaban J connectivity index is 1.29. The Morgan fingerprint density at radius 1 is 1.08 bits per heavy atom. The van der Waals surface area contributed by atoms with E-state index in [2.05, 4.69) is 15.1 Å². The minimum absolute atomic E-state index is 0.253. The van der Waals surface area contributed by atoms with Crippen LogP contribution in [-0.2, 0) is 6.61 Å². The van der Waals surface area contributed by atoms with Gasteiger partial charge < -0.3 is 18.6 Å². The molecule has 0 aliphatic carbocycles. The first kappa shape index (κ1) is 22.5. The third-order valence-electron chi connectivity index (χ3n) is 5.61. The number of aryl methyl sites for hydroxylation is 1. The maximum Gasteiger partial charge on any atom is 0.294 e. The summed E-state index contributed by atoms with van der Waals surface area (Å²) in [6, 6.07) is 10.2. The van der Waals surface area contributed by atoms with Gasteiger partial charge in [0, 0.05) is 23.1 Å². The van der Waals surface area contributed by atoms with Crippen molar-refractivity contribution in [3.63, 3.8) is 0 Å². The first-order chi connectivity index (χ1) is 17.5. The Kier molecular flexibility index (Phi) is 5.57. The number of hydrogen-bond acceptors (Lipinski definition) is 9. The first-order valence-electron chi connectivity index (χ1n) is 10.9. The van der Waals surface area contributed by atoms with Crippen LogP contribution in [0.25, 0.3) is 38.0 Å². The Morgan fingerprint density at radius 3 is 2.75 bits per heavy atom. The lowest BCUT2D eigenvalue weighted by Gasteiger charge is -2.08. The molecule has 6 aromatic rings. The molecule has 0 fully saturated rings. The lowest BCUT2D eigenvalue weighted by Crippen LogP contribution is -1.97. The molecule has 0 spiro atoms. The number of aromatic nitrogens is 4. The zero-order valence-corrected chi connectivity index (χ0v) is 21.1. The molecule has 0 amide bonds. The maximum atomic E-state index is 13.5. The minimum atomic E-state index is -0.260. The second-order valence-corrected chi connectivity index (χ2v) is 9.74. The van der Waals surface area contributed by atoms with Crippen molar-refractivity contribution in [1.82, 2.24) is 19.6 Å². The summed E-state index contributed by atoms with van der Waals surface area (Å²) >= 11 is 2.84. The molecule has 0 bridgehead atoms. The summed E-state index contributed by atoms with van der Waals surface area (Å²) in [7, 11) is 3.17. The monoisotopic (exact) mass is 522 g/mol. The summed E-state index contributed by atoms with van der Waals surface area (Å²) in [5.74, 6) is 1.54. The number of imidazole rings is 1. The lowest BCUT2D eigenvalue weighted by molar-refractivity contribution is 0.303. The van der Waals surface area contributed by atoms with Gasteiger partial charge in [-0.15, -0.1) is 16.4 Å². The molecule has 0 atom stereocenters.